The van der Waals surface area contributed by atoms with E-state index in [0.29, 0.717) is 13.2 Å². The van der Waals surface area contributed by atoms with Crippen molar-refractivity contribution in [2.75, 3.05) is 58.7 Å². The minimum Gasteiger partial charge on any atom is -0.450 e. The molecule has 0 unspecified atom stereocenters. The van der Waals surface area contributed by atoms with E-state index in [1.54, 1.807) is 31.6 Å². The fourth-order valence-electron chi connectivity index (χ4n) is 2.31. The fourth-order valence-corrected chi connectivity index (χ4v) is 3.92. The van der Waals surface area contributed by atoms with Crippen molar-refractivity contribution in [3.63, 3.8) is 0 Å². The highest BCUT2D eigenvalue weighted by Crippen LogP contribution is 2.23. The van der Waals surface area contributed by atoms with Crippen molar-refractivity contribution in [1.29, 1.82) is 0 Å². The van der Waals surface area contributed by atoms with E-state index < -0.39 is 0 Å². The molecular weight excluding hydrogens is 374 g/mol. The molecule has 0 aromatic carbocycles. The van der Waals surface area contributed by atoms with Crippen LogP contribution in [-0.4, -0.2) is 85.0 Å². The predicted octanol–water partition coefficient (Wildman–Crippen LogP) is 3.95. The number of amides is 2. The van der Waals surface area contributed by atoms with Crippen LogP contribution in [0.2, 0.25) is 0 Å². The van der Waals surface area contributed by atoms with Crippen molar-refractivity contribution in [3.05, 3.63) is 0 Å². The summed E-state index contributed by atoms with van der Waals surface area (Å²) in [5, 5.41) is 0. The molecule has 9 heteroatoms. The van der Waals surface area contributed by atoms with Crippen LogP contribution in [0.4, 0.5) is 9.59 Å². The van der Waals surface area contributed by atoms with Crippen LogP contribution in [0.15, 0.2) is 0 Å². The van der Waals surface area contributed by atoms with Crippen LogP contribution in [0.1, 0.15) is 40.5 Å². The molecule has 0 atom stereocenters. The largest absolute Gasteiger partial charge is 0.450 e. The van der Waals surface area contributed by atoms with E-state index in [4.69, 9.17) is 9.47 Å². The van der Waals surface area contributed by atoms with Gasteiger partial charge in [-0.3, -0.25) is 0 Å². The Hall–Kier alpha value is -0.800. The number of hydrogen-bond donors (Lipinski definition) is 0. The Labute approximate surface area is 166 Å². The molecule has 0 radical (unpaired) electrons. The average molecular weight is 410 g/mol. The molecule has 2 amide bonds. The summed E-state index contributed by atoms with van der Waals surface area (Å²) in [6.45, 7) is 13.7. The summed E-state index contributed by atoms with van der Waals surface area (Å²) in [7, 11) is 3.49. The molecule has 0 N–H and O–H groups in total. The molecule has 1 fully saturated rings. The predicted molar refractivity (Wildman–Crippen MR) is 110 cm³/mol. The number of rotatable bonds is 8. The van der Waals surface area contributed by atoms with Crippen molar-refractivity contribution in [2.45, 2.75) is 40.5 Å². The minimum absolute atomic E-state index is 0.179. The second kappa shape index (κ2) is 16.4. The van der Waals surface area contributed by atoms with Gasteiger partial charge in [-0.15, -0.1) is 0 Å². The quantitative estimate of drug-likeness (QED) is 0.444. The molecule has 26 heavy (non-hydrogen) atoms. The van der Waals surface area contributed by atoms with E-state index in [0.717, 1.165) is 52.1 Å². The first kappa shape index (κ1) is 25.2. The lowest BCUT2D eigenvalue weighted by atomic mass is 10.4. The van der Waals surface area contributed by atoms with E-state index in [2.05, 4.69) is 24.4 Å². The third-order valence-corrected chi connectivity index (χ3v) is 5.26. The minimum atomic E-state index is -0.179. The lowest BCUT2D eigenvalue weighted by Gasteiger charge is -2.32. The fraction of sp³-hybridized carbons (Fsp3) is 0.882. The van der Waals surface area contributed by atoms with Gasteiger partial charge in [0.1, 0.15) is 0 Å². The van der Waals surface area contributed by atoms with E-state index >= 15 is 0 Å². The molecule has 1 aliphatic heterocycles. The van der Waals surface area contributed by atoms with Crippen LogP contribution in [0.3, 0.4) is 0 Å². The zero-order chi connectivity index (χ0) is 19.8. The van der Waals surface area contributed by atoms with Crippen molar-refractivity contribution in [3.8, 4) is 0 Å². The first-order valence-corrected chi connectivity index (χ1v) is 11.8. The molecule has 154 valence electrons. The van der Waals surface area contributed by atoms with E-state index in [1.165, 1.54) is 0 Å². The number of carbonyl (C=O) groups is 2. The summed E-state index contributed by atoms with van der Waals surface area (Å²) in [5.74, 6) is 0. The molecule has 7 nitrogen and oxygen atoms in total. The van der Waals surface area contributed by atoms with Gasteiger partial charge < -0.3 is 19.3 Å². The van der Waals surface area contributed by atoms with Crippen LogP contribution < -0.4 is 0 Å². The summed E-state index contributed by atoms with van der Waals surface area (Å²) in [5.41, 5.74) is 0. The van der Waals surface area contributed by atoms with E-state index in [-0.39, 0.29) is 12.2 Å². The second-order valence-electron chi connectivity index (χ2n) is 5.54. The van der Waals surface area contributed by atoms with Gasteiger partial charge in [-0.25, -0.2) is 13.9 Å². The summed E-state index contributed by atoms with van der Waals surface area (Å²) in [4.78, 5) is 26.1. The molecule has 0 bridgehead atoms. The number of nitrogens with zero attached hydrogens (tertiary/aromatic N) is 3. The third kappa shape index (κ3) is 11.0. The number of carbonyl (C=O) groups excluding carboxylic acids is 2. The molecule has 1 aliphatic rings. The van der Waals surface area contributed by atoms with E-state index in [1.807, 2.05) is 13.8 Å². The first-order chi connectivity index (χ1) is 12.5. The second-order valence-corrected chi connectivity index (χ2v) is 7.99. The molecular formula is C17H35N3O4S2. The standard InChI is InChI=1S/C9H19NO2.C8H16N2O2S2/c1-4-7-10(8-5-2)9(11)12-6-3;1-3-12-8(11)9-4-6-10(7-5-9)14-13-2/h4-8H2,1-3H3;3-7H2,1-2H3. The summed E-state index contributed by atoms with van der Waals surface area (Å²) in [6, 6.07) is 0. The smallest absolute Gasteiger partial charge is 0.409 e. The third-order valence-electron chi connectivity index (χ3n) is 3.46. The number of hydrogen-bond acceptors (Lipinski definition) is 7. The van der Waals surface area contributed by atoms with Crippen molar-refractivity contribution < 1.29 is 19.1 Å². The van der Waals surface area contributed by atoms with Crippen LogP contribution in [0.25, 0.3) is 0 Å². The highest BCUT2D eigenvalue weighted by molar-refractivity contribution is 8.75. The Morgan fingerprint density at radius 3 is 1.88 bits per heavy atom. The SMILES string of the molecule is CCCN(CCC)C(=O)OCC.CCOC(=O)N1CCN(SSC)CC1. The van der Waals surface area contributed by atoms with E-state index in [9.17, 15) is 9.59 Å². The maximum absolute atomic E-state index is 11.3. The maximum Gasteiger partial charge on any atom is 0.409 e. The van der Waals surface area contributed by atoms with Gasteiger partial charge in [0, 0.05) is 39.3 Å². The molecule has 0 spiro atoms. The Morgan fingerprint density at radius 2 is 1.46 bits per heavy atom. The number of piperazine rings is 1. The van der Waals surface area contributed by atoms with Gasteiger partial charge in [0.15, 0.2) is 0 Å². The lowest BCUT2D eigenvalue weighted by molar-refractivity contribution is 0.0949. The van der Waals surface area contributed by atoms with Gasteiger partial charge in [-0.1, -0.05) is 24.6 Å². The molecule has 1 rings (SSSR count). The molecule has 1 saturated heterocycles. The van der Waals surface area contributed by atoms with Gasteiger partial charge in [-0.05, 0) is 43.9 Å². The van der Waals surface area contributed by atoms with Crippen LogP contribution in [0, 0.1) is 0 Å². The van der Waals surface area contributed by atoms with Crippen LogP contribution >= 0.6 is 21.8 Å². The summed E-state index contributed by atoms with van der Waals surface area (Å²) >= 11 is 0. The average Bonchev–Trinajstić information content (AvgIpc) is 2.63. The summed E-state index contributed by atoms with van der Waals surface area (Å²) < 4.78 is 12.1. The van der Waals surface area contributed by atoms with Crippen molar-refractivity contribution in [1.82, 2.24) is 14.1 Å². The lowest BCUT2D eigenvalue weighted by Crippen LogP contribution is -2.46. The Balaban J connectivity index is 0.000000488. The summed E-state index contributed by atoms with van der Waals surface area (Å²) in [6.07, 6.45) is 3.67. The highest BCUT2D eigenvalue weighted by Gasteiger charge is 2.21. The maximum atomic E-state index is 11.3. The molecule has 1 heterocycles. The van der Waals surface area contributed by atoms with Crippen molar-refractivity contribution >= 4 is 34.0 Å². The molecule has 0 aromatic heterocycles. The molecule has 0 saturated carbocycles. The van der Waals surface area contributed by atoms with Crippen LogP contribution in [0.5, 0.6) is 0 Å². The number of ether oxygens (including phenoxy) is 2. The van der Waals surface area contributed by atoms with Gasteiger partial charge in [0.25, 0.3) is 0 Å². The molecule has 0 aliphatic carbocycles. The van der Waals surface area contributed by atoms with Gasteiger partial charge in [-0.2, -0.15) is 0 Å². The Morgan fingerprint density at radius 1 is 0.923 bits per heavy atom. The van der Waals surface area contributed by atoms with Gasteiger partial charge in [0.05, 0.1) is 13.2 Å². The van der Waals surface area contributed by atoms with Gasteiger partial charge in [0.2, 0.25) is 0 Å². The Kier molecular flexibility index (Phi) is 15.9. The highest BCUT2D eigenvalue weighted by atomic mass is 33.1. The zero-order valence-corrected chi connectivity index (χ0v) is 18.5. The van der Waals surface area contributed by atoms with Gasteiger partial charge >= 0.3 is 12.2 Å². The topological polar surface area (TPSA) is 62.3 Å². The van der Waals surface area contributed by atoms with Crippen molar-refractivity contribution in [2.24, 2.45) is 0 Å². The molecule has 0 aromatic rings. The monoisotopic (exact) mass is 409 g/mol. The van der Waals surface area contributed by atoms with Crippen LogP contribution in [-0.2, 0) is 9.47 Å². The normalized spacial score (nSPS) is 14.3. The zero-order valence-electron chi connectivity index (χ0n) is 16.9. The Bertz CT molecular complexity index is 375. The first-order valence-electron chi connectivity index (χ1n) is 9.32.